The van der Waals surface area contributed by atoms with Crippen molar-refractivity contribution in [1.29, 1.82) is 0 Å². The van der Waals surface area contributed by atoms with Crippen LogP contribution in [0.25, 0.3) is 0 Å². The number of imide groups is 1. The van der Waals surface area contributed by atoms with E-state index < -0.39 is 162 Å². The summed E-state index contributed by atoms with van der Waals surface area (Å²) in [6.45, 7) is 21.4. The number of nitrogens with one attached hydrogen (secondary N) is 3. The Kier molecular flexibility index (Phi) is 37.8. The number of aliphatic hydroxyl groups is 5. The van der Waals surface area contributed by atoms with E-state index in [1.165, 1.54) is 52.4 Å². The Hall–Kier alpha value is -7.14. The minimum atomic E-state index is -1.84. The number of hydrogen-bond acceptors (Lipinski definition) is 32. The van der Waals surface area contributed by atoms with Gasteiger partial charge in [-0.3, -0.25) is 43.3 Å². The van der Waals surface area contributed by atoms with E-state index in [9.17, 15) is 73.5 Å². The second-order valence-corrected chi connectivity index (χ2v) is 40.7. The fourth-order valence-electron chi connectivity index (χ4n) is 17.9. The molecule has 0 aromatic heterocycles. The van der Waals surface area contributed by atoms with E-state index in [2.05, 4.69) is 60.6 Å². The van der Waals surface area contributed by atoms with E-state index in [0.717, 1.165) is 16.7 Å². The molecule has 24 atom stereocenters. The van der Waals surface area contributed by atoms with Crippen molar-refractivity contribution in [3.63, 3.8) is 0 Å². The first kappa shape index (κ1) is 105. The molecule has 0 radical (unpaired) electrons. The molecule has 5 aliphatic heterocycles. The number of methoxy groups -OCH3 is 4. The molecular formula is C92H125IN6O28S3. The largest absolute Gasteiger partial charge is 0.492 e. The molecule has 8 aliphatic rings. The number of allylic oxidation sites excluding steroid dienone is 2. The summed E-state index contributed by atoms with van der Waals surface area (Å²) in [6, 6.07) is 3.25. The number of nitrogens with two attached hydrogens (primary N) is 1. The lowest BCUT2D eigenvalue weighted by molar-refractivity contribution is -0.343. The molecule has 3 unspecified atom stereocenters. The van der Waals surface area contributed by atoms with Crippen molar-refractivity contribution in [2.45, 2.75) is 293 Å². The molecule has 5 heterocycles. The maximum atomic E-state index is 14.7. The number of hydrogen-bond donors (Lipinski definition) is 9. The first-order valence-electron chi connectivity index (χ1n) is 43.9. The van der Waals surface area contributed by atoms with Gasteiger partial charge in [0.25, 0.3) is 11.8 Å². The van der Waals surface area contributed by atoms with Crippen molar-refractivity contribution >= 4 is 114 Å². The number of amides is 6. The molecule has 6 amide bonds. The van der Waals surface area contributed by atoms with E-state index in [0.29, 0.717) is 62.8 Å². The number of benzene rings is 2. The zero-order chi connectivity index (χ0) is 95.1. The molecule has 2 aromatic rings. The van der Waals surface area contributed by atoms with Crippen LogP contribution in [0.2, 0.25) is 0 Å². The van der Waals surface area contributed by atoms with Crippen molar-refractivity contribution in [2.75, 3.05) is 60.4 Å². The number of aliphatic hydroxyl groups excluding tert-OH is 4. The van der Waals surface area contributed by atoms with Crippen molar-refractivity contribution in [3.8, 4) is 40.9 Å². The summed E-state index contributed by atoms with van der Waals surface area (Å²) >= 11 is 2.79. The van der Waals surface area contributed by atoms with Gasteiger partial charge in [-0.05, 0) is 131 Å². The van der Waals surface area contributed by atoms with Gasteiger partial charge in [0.15, 0.2) is 36.2 Å². The van der Waals surface area contributed by atoms with Crippen LogP contribution in [-0.2, 0) is 94.1 Å². The standard InChI is InChI=1S/C92H125IN6O28S3/c1-17-98(89(113)120-45-55-29-27-54(28-30-55)40-60(101)56(24-22-36-95-88(94)112)41-61(102)74(47(2)3)96-66(105)26-19-18-20-37-99-67(106)31-32-68(99)107)59-46-119-69(43-65(59)115-13)125-82-77(109)75(51(7)122-87(82)124-64-25-21-23-48(4)33-35-91-58(39-49(5)100)63(104)44-92(91,114)57(72(64)91)34-38-128-130-90(10,11)12)97-127-70-42-62(103)84(53(9)121-70)129-85(111)71-50(6)73(93)80(83(118-16)79(71)116-14)126-86-78(110)81(117-15)76(108)52(8)123-86/h23,27-32,34,47,51-53,56,58-59,62,64-65,69-70,72,74-78,81-82,84,86-87,97,103,108-110,114H,17-20,22,24,26,36-46H2,1-16H3,(H,96,105)(H3,94,95,112)/b48-23-,57-34+/t51-,52+,53-,56-,58?,59+,62+,64+,65+,69+,70+,72?,74+,75-,76+,77+,78-,81-,82-,84-,86+,87+,91?,92+/m1/s1. The van der Waals surface area contributed by atoms with Gasteiger partial charge in [-0.15, -0.1) is 0 Å². The third-order valence-corrected chi connectivity index (χ3v) is 30.6. The highest BCUT2D eigenvalue weighted by Crippen LogP contribution is 2.70. The summed E-state index contributed by atoms with van der Waals surface area (Å²) in [5.74, 6) is 7.81. The molecule has 6 fully saturated rings. The number of primary amides is 1. The maximum Gasteiger partial charge on any atom is 0.410 e. The van der Waals surface area contributed by atoms with E-state index in [1.54, 1.807) is 107 Å². The quantitative estimate of drug-likeness (QED) is 0.00590. The normalized spacial score (nSPS) is 31.2. The van der Waals surface area contributed by atoms with Crippen LogP contribution in [0.5, 0.6) is 17.2 Å². The lowest BCUT2D eigenvalue weighted by atomic mass is 9.44. The molecule has 130 heavy (non-hydrogen) atoms. The van der Waals surface area contributed by atoms with Gasteiger partial charge < -0.3 is 108 Å². The smallest absolute Gasteiger partial charge is 0.410 e. The summed E-state index contributed by atoms with van der Waals surface area (Å²) in [5.41, 5.74) is 7.46. The summed E-state index contributed by atoms with van der Waals surface area (Å²) < 4.78 is 75.3. The Balaban J connectivity index is 0.833. The van der Waals surface area contributed by atoms with Crippen LogP contribution >= 0.6 is 55.9 Å². The first-order valence-corrected chi connectivity index (χ1v) is 48.2. The number of halogens is 1. The molecule has 4 saturated heterocycles. The van der Waals surface area contributed by atoms with Gasteiger partial charge in [0.05, 0.1) is 89.3 Å². The van der Waals surface area contributed by atoms with Gasteiger partial charge in [0.1, 0.15) is 66.2 Å². The van der Waals surface area contributed by atoms with E-state index in [-0.39, 0.29) is 159 Å². The molecule has 34 nitrogen and oxygen atoms in total. The van der Waals surface area contributed by atoms with E-state index >= 15 is 0 Å². The summed E-state index contributed by atoms with van der Waals surface area (Å²) in [5, 5.41) is 64.0. The Labute approximate surface area is 784 Å². The average molecular weight is 1990 g/mol. The summed E-state index contributed by atoms with van der Waals surface area (Å²) in [7, 11) is 8.68. The van der Waals surface area contributed by atoms with Crippen molar-refractivity contribution in [3.05, 3.63) is 85.5 Å². The monoisotopic (exact) mass is 1980 g/mol. The van der Waals surface area contributed by atoms with Crippen LogP contribution in [0.3, 0.4) is 0 Å². The number of carbonyl (C=O) groups excluding carboxylic acids is 10. The Morgan fingerprint density at radius 1 is 0.823 bits per heavy atom. The fraction of sp³-hybridized carbons (Fsp3) is 0.652. The van der Waals surface area contributed by atoms with Crippen LogP contribution in [0.15, 0.2) is 59.7 Å². The van der Waals surface area contributed by atoms with Crippen LogP contribution in [0.4, 0.5) is 9.59 Å². The third kappa shape index (κ3) is 24.9. The number of unbranched alkanes of at least 4 members (excludes halogenated alkanes) is 2. The number of rotatable bonds is 42. The minimum Gasteiger partial charge on any atom is -0.492 e. The predicted octanol–water partition coefficient (Wildman–Crippen LogP) is 7.52. The van der Waals surface area contributed by atoms with Crippen molar-refractivity contribution in [1.82, 2.24) is 25.9 Å². The first-order chi connectivity index (χ1) is 61.6. The van der Waals surface area contributed by atoms with Crippen LogP contribution in [0.1, 0.15) is 174 Å². The number of likely N-dealkylation sites (N-methyl/N-ethyl adjacent to an activating group) is 1. The third-order valence-electron chi connectivity index (χ3n) is 24.7. The molecule has 10 rings (SSSR count). The number of nitrogens with zero attached hydrogens (tertiary/aromatic N) is 2. The molecule has 3 aliphatic carbocycles. The number of carbonyl (C=O) groups is 10. The zero-order valence-corrected chi connectivity index (χ0v) is 80.9. The predicted molar refractivity (Wildman–Crippen MR) is 488 cm³/mol. The highest BCUT2D eigenvalue weighted by Gasteiger charge is 2.78. The fourth-order valence-corrected chi connectivity index (χ4v) is 21.8. The number of thioether (sulfide) groups is 1. The number of Topliss-reactive ketones (excluding diaryl/α,β-unsaturated/α-hetero) is 4. The highest BCUT2D eigenvalue weighted by atomic mass is 127. The second-order valence-electron chi connectivity index (χ2n) is 35.3. The molecule has 0 bridgehead atoms. The average Bonchev–Trinajstić information content (AvgIpc) is 1.47. The Morgan fingerprint density at radius 3 is 2.15 bits per heavy atom. The number of hydroxylamine groups is 1. The van der Waals surface area contributed by atoms with Crippen LogP contribution < -0.4 is 36.1 Å². The van der Waals surface area contributed by atoms with Gasteiger partial charge in [0.2, 0.25) is 23.1 Å². The minimum absolute atomic E-state index is 0.00350. The van der Waals surface area contributed by atoms with Gasteiger partial charge >= 0.3 is 12.1 Å². The van der Waals surface area contributed by atoms with Gasteiger partial charge in [0, 0.05) is 125 Å². The molecule has 716 valence electrons. The van der Waals surface area contributed by atoms with Gasteiger partial charge in [-0.25, -0.2) is 9.59 Å². The molecule has 1 spiro atoms. The summed E-state index contributed by atoms with van der Waals surface area (Å²) in [6.07, 6.45) is -11.9. The molecular weight excluding hydrogens is 1860 g/mol. The Bertz CT molecular complexity index is 4610. The topological polar surface area (TPSA) is 460 Å². The number of ketones is 4. The van der Waals surface area contributed by atoms with Gasteiger partial charge in [-0.1, -0.05) is 128 Å². The van der Waals surface area contributed by atoms with E-state index in [1.807, 2.05) is 28.7 Å². The zero-order valence-electron chi connectivity index (χ0n) is 76.3. The van der Waals surface area contributed by atoms with Crippen molar-refractivity contribution in [2.24, 2.45) is 34.8 Å². The van der Waals surface area contributed by atoms with Crippen molar-refractivity contribution < 1.29 is 135 Å². The molecule has 2 saturated carbocycles. The molecule has 10 N–H and O–H groups in total. The second kappa shape index (κ2) is 46.9. The summed E-state index contributed by atoms with van der Waals surface area (Å²) in [4.78, 5) is 143. The lowest BCUT2D eigenvalue weighted by Crippen LogP contribution is -2.69. The Morgan fingerprint density at radius 2 is 1.52 bits per heavy atom. The number of urea groups is 1. The molecule has 38 heteroatoms. The SMILES string of the molecule is CCN(C(=O)OCc1ccc(CC(=O)[C@H](CCCNC(N)=O)CC(=O)[C@@H](NC(=O)CCCCCN2C(=O)C=CC2=O)C(C)C)cc1)[C@H]1CO[C@@H](O[C@H]2[C@H](O[C@H]3C#C/C=C(/C)C#CC45C(CC(C)=O)C(=O)C[C@]4(O)/C(=C/CSSC(C)(C)C)C35)O[C@H](C)[C@@H](NO[C@H]3C[C@H](O)[C@H](SC(=O)c4c(C)c(I)c(O[C@@H]5O[C@@H](C)[C@H](O)[C@@H](OC)[C@H]5O)c(OC)c4OC)[C@@H](C)O3)[C@@H]2O)C[C@@H]1OC. The number of ether oxygens (including phenoxy) is 12. The highest BCUT2D eigenvalue weighted by molar-refractivity contribution is 14.1. The van der Waals surface area contributed by atoms with E-state index in [4.69, 9.17) is 67.4 Å². The van der Waals surface area contributed by atoms with Crippen LogP contribution in [0, 0.1) is 63.3 Å². The van der Waals surface area contributed by atoms with Gasteiger partial charge in [-0.2, -0.15) is 5.48 Å². The maximum absolute atomic E-state index is 14.7. The molecule has 2 aromatic carbocycles. The van der Waals surface area contributed by atoms with Crippen LogP contribution in [-0.4, -0.2) is 280 Å². The lowest BCUT2D eigenvalue weighted by Gasteiger charge is -2.60.